The Labute approximate surface area is 126 Å². The highest BCUT2D eigenvalue weighted by molar-refractivity contribution is 5.55. The highest BCUT2D eigenvalue weighted by Crippen LogP contribution is 2.59. The van der Waals surface area contributed by atoms with Crippen LogP contribution < -0.4 is 9.47 Å². The fourth-order valence-corrected chi connectivity index (χ4v) is 4.57. The van der Waals surface area contributed by atoms with Gasteiger partial charge in [-0.15, -0.1) is 0 Å². The van der Waals surface area contributed by atoms with Crippen molar-refractivity contribution in [1.29, 1.82) is 0 Å². The van der Waals surface area contributed by atoms with Gasteiger partial charge in [0.25, 0.3) is 0 Å². The van der Waals surface area contributed by atoms with Crippen LogP contribution in [0.3, 0.4) is 0 Å². The van der Waals surface area contributed by atoms with Crippen molar-refractivity contribution in [2.45, 2.75) is 64.3 Å². The molecule has 0 radical (unpaired) electrons. The summed E-state index contributed by atoms with van der Waals surface area (Å²) in [5.41, 5.74) is 2.45. The Kier molecular flexibility index (Phi) is 2.81. The van der Waals surface area contributed by atoms with Crippen molar-refractivity contribution < 1.29 is 14.6 Å². The molecule has 3 nitrogen and oxygen atoms in total. The summed E-state index contributed by atoms with van der Waals surface area (Å²) in [6.45, 7) is 6.26. The van der Waals surface area contributed by atoms with Crippen LogP contribution in [0.25, 0.3) is 0 Å². The van der Waals surface area contributed by atoms with Crippen molar-refractivity contribution in [1.82, 2.24) is 0 Å². The molecule has 3 aliphatic rings. The maximum absolute atomic E-state index is 10.8. The minimum Gasteiger partial charge on any atom is -0.489 e. The zero-order chi connectivity index (χ0) is 14.8. The van der Waals surface area contributed by atoms with Crippen molar-refractivity contribution in [3.05, 3.63) is 23.3 Å². The lowest BCUT2D eigenvalue weighted by Crippen LogP contribution is -2.52. The molecule has 5 atom stereocenters. The van der Waals surface area contributed by atoms with E-state index in [1.807, 2.05) is 6.92 Å². The number of aryl methyl sites for hydroxylation is 1. The lowest BCUT2D eigenvalue weighted by Gasteiger charge is -2.46. The molecule has 0 saturated heterocycles. The molecule has 1 aromatic rings. The summed E-state index contributed by atoms with van der Waals surface area (Å²) in [4.78, 5) is 0. The van der Waals surface area contributed by atoms with E-state index in [9.17, 15) is 5.11 Å². The molecule has 114 valence electrons. The predicted molar refractivity (Wildman–Crippen MR) is 80.7 cm³/mol. The van der Waals surface area contributed by atoms with Gasteiger partial charge >= 0.3 is 0 Å². The second-order valence-corrected chi connectivity index (χ2v) is 7.18. The normalized spacial score (nSPS) is 39.4. The van der Waals surface area contributed by atoms with Crippen LogP contribution in [0, 0.1) is 11.8 Å². The molecule has 0 amide bonds. The van der Waals surface area contributed by atoms with Gasteiger partial charge < -0.3 is 14.6 Å². The van der Waals surface area contributed by atoms with Gasteiger partial charge in [-0.25, -0.2) is 0 Å². The molecule has 1 N–H and O–H groups in total. The zero-order valence-corrected chi connectivity index (χ0v) is 13.1. The zero-order valence-electron chi connectivity index (χ0n) is 13.1. The smallest absolute Gasteiger partial charge is 0.208 e. The second-order valence-electron chi connectivity index (χ2n) is 7.18. The lowest BCUT2D eigenvalue weighted by molar-refractivity contribution is -0.194. The largest absolute Gasteiger partial charge is 0.489 e. The van der Waals surface area contributed by atoms with Crippen LogP contribution in [0.1, 0.15) is 57.1 Å². The van der Waals surface area contributed by atoms with Crippen molar-refractivity contribution in [2.75, 3.05) is 0 Å². The van der Waals surface area contributed by atoms with Gasteiger partial charge in [0.15, 0.2) is 0 Å². The molecule has 0 spiro atoms. The maximum Gasteiger partial charge on any atom is 0.208 e. The SMILES string of the molecule is CCCc1cc2c3c(c1)OC(C)(O)C1CCC(C)C(O2)C31. The quantitative estimate of drug-likeness (QED) is 0.903. The summed E-state index contributed by atoms with van der Waals surface area (Å²) in [5.74, 6) is 1.74. The third-order valence-electron chi connectivity index (χ3n) is 5.58. The van der Waals surface area contributed by atoms with Crippen molar-refractivity contribution in [2.24, 2.45) is 11.8 Å². The summed E-state index contributed by atoms with van der Waals surface area (Å²) in [7, 11) is 0. The third kappa shape index (κ3) is 1.83. The van der Waals surface area contributed by atoms with Gasteiger partial charge in [-0.1, -0.05) is 20.3 Å². The standard InChI is InChI=1S/C18H24O3/c1-4-5-11-8-13-16-14(9-11)21-18(3,19)12-7-6-10(2)17(20-13)15(12)16/h8-10,12,15,17,19H,4-7H2,1-3H3. The van der Waals surface area contributed by atoms with Gasteiger partial charge in [-0.3, -0.25) is 0 Å². The van der Waals surface area contributed by atoms with E-state index < -0.39 is 5.79 Å². The van der Waals surface area contributed by atoms with Crippen LogP contribution in [0.4, 0.5) is 0 Å². The average molecular weight is 288 g/mol. The molecule has 1 saturated carbocycles. The Hall–Kier alpha value is -1.22. The van der Waals surface area contributed by atoms with Gasteiger partial charge in [0.1, 0.15) is 17.6 Å². The second kappa shape index (κ2) is 4.39. The third-order valence-corrected chi connectivity index (χ3v) is 5.58. The van der Waals surface area contributed by atoms with Crippen LogP contribution in [-0.4, -0.2) is 17.0 Å². The Morgan fingerprint density at radius 2 is 2.05 bits per heavy atom. The van der Waals surface area contributed by atoms with Crippen LogP contribution in [0.2, 0.25) is 0 Å². The minimum absolute atomic E-state index is 0.143. The van der Waals surface area contributed by atoms with E-state index in [0.717, 1.165) is 37.2 Å². The van der Waals surface area contributed by atoms with E-state index in [-0.39, 0.29) is 17.9 Å². The van der Waals surface area contributed by atoms with Crippen molar-refractivity contribution in [3.63, 3.8) is 0 Å². The lowest BCUT2D eigenvalue weighted by atomic mass is 9.66. The monoisotopic (exact) mass is 288 g/mol. The Balaban J connectivity index is 1.86. The summed E-state index contributed by atoms with van der Waals surface area (Å²) >= 11 is 0. The van der Waals surface area contributed by atoms with Gasteiger partial charge in [-0.2, -0.15) is 0 Å². The van der Waals surface area contributed by atoms with Gasteiger partial charge in [0, 0.05) is 24.3 Å². The van der Waals surface area contributed by atoms with Crippen LogP contribution in [0.15, 0.2) is 12.1 Å². The fourth-order valence-electron chi connectivity index (χ4n) is 4.57. The Morgan fingerprint density at radius 3 is 2.81 bits per heavy atom. The molecular weight excluding hydrogens is 264 g/mol. The first-order valence-electron chi connectivity index (χ1n) is 8.26. The van der Waals surface area contributed by atoms with Crippen molar-refractivity contribution >= 4 is 0 Å². The summed E-state index contributed by atoms with van der Waals surface area (Å²) in [5, 5.41) is 10.8. The molecule has 1 fully saturated rings. The molecule has 21 heavy (non-hydrogen) atoms. The molecule has 0 aromatic heterocycles. The molecule has 0 bridgehead atoms. The van der Waals surface area contributed by atoms with Crippen molar-refractivity contribution in [3.8, 4) is 11.5 Å². The number of benzene rings is 1. The maximum atomic E-state index is 10.8. The average Bonchev–Trinajstić information content (AvgIpc) is 2.78. The molecule has 3 heteroatoms. The van der Waals surface area contributed by atoms with E-state index in [4.69, 9.17) is 9.47 Å². The highest BCUT2D eigenvalue weighted by Gasteiger charge is 2.56. The van der Waals surface area contributed by atoms with E-state index in [2.05, 4.69) is 26.0 Å². The molecule has 5 unspecified atom stereocenters. The molecule has 2 heterocycles. The first kappa shape index (κ1) is 13.4. The van der Waals surface area contributed by atoms with E-state index in [1.54, 1.807) is 0 Å². The molecule has 2 aliphatic heterocycles. The van der Waals surface area contributed by atoms with Crippen LogP contribution >= 0.6 is 0 Å². The first-order chi connectivity index (χ1) is 10.0. The van der Waals surface area contributed by atoms with Gasteiger partial charge in [-0.05, 0) is 42.9 Å². The fraction of sp³-hybridized carbons (Fsp3) is 0.667. The van der Waals surface area contributed by atoms with E-state index in [0.29, 0.717) is 5.92 Å². The number of ether oxygens (including phenoxy) is 2. The Morgan fingerprint density at radius 1 is 1.29 bits per heavy atom. The summed E-state index contributed by atoms with van der Waals surface area (Å²) < 4.78 is 12.3. The van der Waals surface area contributed by atoms with E-state index >= 15 is 0 Å². The summed E-state index contributed by atoms with van der Waals surface area (Å²) in [6, 6.07) is 4.30. The topological polar surface area (TPSA) is 38.7 Å². The van der Waals surface area contributed by atoms with Gasteiger partial charge in [0.2, 0.25) is 5.79 Å². The van der Waals surface area contributed by atoms with Crippen LogP contribution in [-0.2, 0) is 6.42 Å². The number of aliphatic hydroxyl groups is 1. The first-order valence-corrected chi connectivity index (χ1v) is 8.26. The number of hydrogen-bond acceptors (Lipinski definition) is 3. The molecule has 4 rings (SSSR count). The Bertz CT molecular complexity index is 578. The van der Waals surface area contributed by atoms with Crippen LogP contribution in [0.5, 0.6) is 11.5 Å². The predicted octanol–water partition coefficient (Wildman–Crippen LogP) is 3.63. The molecule has 1 aromatic carbocycles. The minimum atomic E-state index is -1.08. The molecular formula is C18H24O3. The van der Waals surface area contributed by atoms with E-state index in [1.165, 1.54) is 11.1 Å². The number of hydrogen-bond donors (Lipinski definition) is 1. The number of rotatable bonds is 2. The molecule has 1 aliphatic carbocycles. The van der Waals surface area contributed by atoms with Gasteiger partial charge in [0.05, 0.1) is 0 Å². The highest BCUT2D eigenvalue weighted by atomic mass is 16.6. The summed E-state index contributed by atoms with van der Waals surface area (Å²) in [6.07, 6.45) is 4.42.